The number of carboxylic acid groups (broad SMARTS) is 1. The van der Waals surface area contributed by atoms with Gasteiger partial charge in [0.2, 0.25) is 0 Å². The van der Waals surface area contributed by atoms with Crippen molar-refractivity contribution in [3.8, 4) is 5.75 Å². The van der Waals surface area contributed by atoms with E-state index in [1.165, 1.54) is 7.11 Å². The van der Waals surface area contributed by atoms with Crippen LogP contribution in [0.15, 0.2) is 12.1 Å². The maximum absolute atomic E-state index is 10.8. The highest BCUT2D eigenvalue weighted by atomic mass is 16.6. The number of nitro groups is 1. The Balaban J connectivity index is 3.55. The summed E-state index contributed by atoms with van der Waals surface area (Å²) in [6.07, 6.45) is 0.284. The summed E-state index contributed by atoms with van der Waals surface area (Å²) < 4.78 is 4.72. The predicted octanol–water partition coefficient (Wildman–Crippen LogP) is 1.11. The number of aromatic carboxylic acids is 1. The molecule has 0 radical (unpaired) electrons. The van der Waals surface area contributed by atoms with Crippen LogP contribution in [0.25, 0.3) is 0 Å². The van der Waals surface area contributed by atoms with Crippen molar-refractivity contribution in [2.45, 2.75) is 0 Å². The molecule has 0 fully saturated rings. The molecular formula is C9H7NO6. The van der Waals surface area contributed by atoms with Gasteiger partial charge in [-0.1, -0.05) is 0 Å². The largest absolute Gasteiger partial charge is 0.496 e. The number of carboxylic acids is 1. The van der Waals surface area contributed by atoms with Crippen molar-refractivity contribution in [3.63, 3.8) is 0 Å². The molecule has 0 saturated heterocycles. The molecule has 16 heavy (non-hydrogen) atoms. The van der Waals surface area contributed by atoms with Crippen LogP contribution in [0.5, 0.6) is 5.75 Å². The molecule has 84 valence electrons. The molecule has 0 heterocycles. The van der Waals surface area contributed by atoms with Gasteiger partial charge in [-0.3, -0.25) is 14.9 Å². The van der Waals surface area contributed by atoms with E-state index in [4.69, 9.17) is 9.84 Å². The van der Waals surface area contributed by atoms with Gasteiger partial charge in [0, 0.05) is 6.07 Å². The zero-order chi connectivity index (χ0) is 12.3. The Morgan fingerprint density at radius 2 is 2.19 bits per heavy atom. The van der Waals surface area contributed by atoms with Crippen LogP contribution in [-0.2, 0) is 0 Å². The summed E-state index contributed by atoms with van der Waals surface area (Å²) in [6, 6.07) is 1.81. The monoisotopic (exact) mass is 225 g/mol. The van der Waals surface area contributed by atoms with Crippen molar-refractivity contribution >= 4 is 17.9 Å². The van der Waals surface area contributed by atoms with E-state index >= 15 is 0 Å². The minimum Gasteiger partial charge on any atom is -0.496 e. The first kappa shape index (κ1) is 11.6. The normalized spacial score (nSPS) is 9.56. The van der Waals surface area contributed by atoms with E-state index in [2.05, 4.69) is 0 Å². The minimum atomic E-state index is -1.43. The molecule has 0 aliphatic rings. The Labute approximate surface area is 89.4 Å². The second kappa shape index (κ2) is 4.39. The number of methoxy groups -OCH3 is 1. The van der Waals surface area contributed by atoms with Gasteiger partial charge in [-0.15, -0.1) is 0 Å². The fourth-order valence-electron chi connectivity index (χ4n) is 1.18. The minimum absolute atomic E-state index is 0.137. The van der Waals surface area contributed by atoms with Gasteiger partial charge in [0.25, 0.3) is 5.69 Å². The summed E-state index contributed by atoms with van der Waals surface area (Å²) in [5.74, 6) is -1.56. The third kappa shape index (κ3) is 1.97. The van der Waals surface area contributed by atoms with Crippen LogP contribution in [-0.4, -0.2) is 29.4 Å². The fraction of sp³-hybridized carbons (Fsp3) is 0.111. The quantitative estimate of drug-likeness (QED) is 0.467. The number of ether oxygens (including phenoxy) is 1. The zero-order valence-corrected chi connectivity index (χ0v) is 8.17. The maximum atomic E-state index is 10.8. The highest BCUT2D eigenvalue weighted by Crippen LogP contribution is 2.27. The van der Waals surface area contributed by atoms with Crippen molar-refractivity contribution in [1.82, 2.24) is 0 Å². The summed E-state index contributed by atoms with van der Waals surface area (Å²) >= 11 is 0. The van der Waals surface area contributed by atoms with Crippen LogP contribution in [0.3, 0.4) is 0 Å². The number of rotatable bonds is 4. The topological polar surface area (TPSA) is 107 Å². The van der Waals surface area contributed by atoms with Gasteiger partial charge in [-0.25, -0.2) is 4.79 Å². The average molecular weight is 225 g/mol. The van der Waals surface area contributed by atoms with Crippen LogP contribution in [0.4, 0.5) is 5.69 Å². The molecule has 0 aliphatic carbocycles. The molecular weight excluding hydrogens is 218 g/mol. The third-order valence-corrected chi connectivity index (χ3v) is 1.91. The standard InChI is InChI=1S/C9H7NO6/c1-16-8-3-5(10(14)15)2-6(9(12)13)7(8)4-11/h2-4H,1H3,(H,12,13). The van der Waals surface area contributed by atoms with E-state index < -0.39 is 22.1 Å². The van der Waals surface area contributed by atoms with Gasteiger partial charge >= 0.3 is 5.97 Å². The van der Waals surface area contributed by atoms with Crippen molar-refractivity contribution in [2.75, 3.05) is 7.11 Å². The first-order valence-electron chi connectivity index (χ1n) is 4.06. The van der Waals surface area contributed by atoms with Gasteiger partial charge in [-0.2, -0.15) is 0 Å². The number of carbonyl (C=O) groups excluding carboxylic acids is 1. The first-order valence-corrected chi connectivity index (χ1v) is 4.06. The number of hydrogen-bond donors (Lipinski definition) is 1. The summed E-state index contributed by atoms with van der Waals surface area (Å²) in [5, 5.41) is 19.3. The van der Waals surface area contributed by atoms with Crippen LogP contribution in [0.1, 0.15) is 20.7 Å². The van der Waals surface area contributed by atoms with E-state index in [-0.39, 0.29) is 17.6 Å². The highest BCUT2D eigenvalue weighted by molar-refractivity contribution is 5.99. The first-order chi connectivity index (χ1) is 7.51. The van der Waals surface area contributed by atoms with Crippen LogP contribution in [0, 0.1) is 10.1 Å². The SMILES string of the molecule is COc1cc([N+](=O)[O-])cc(C(=O)O)c1C=O. The van der Waals surface area contributed by atoms with E-state index in [9.17, 15) is 19.7 Å². The molecule has 0 aliphatic heterocycles. The lowest BCUT2D eigenvalue weighted by Gasteiger charge is -2.06. The summed E-state index contributed by atoms with van der Waals surface area (Å²) in [4.78, 5) is 31.2. The van der Waals surface area contributed by atoms with E-state index in [1.54, 1.807) is 0 Å². The van der Waals surface area contributed by atoms with Gasteiger partial charge in [0.1, 0.15) is 5.75 Å². The number of benzene rings is 1. The molecule has 0 atom stereocenters. The van der Waals surface area contributed by atoms with E-state index in [0.29, 0.717) is 0 Å². The number of nitro benzene ring substituents is 1. The molecule has 1 aromatic carbocycles. The van der Waals surface area contributed by atoms with E-state index in [0.717, 1.165) is 12.1 Å². The fourth-order valence-corrected chi connectivity index (χ4v) is 1.18. The van der Waals surface area contributed by atoms with Crippen molar-refractivity contribution in [2.24, 2.45) is 0 Å². The molecule has 7 heteroatoms. The van der Waals surface area contributed by atoms with Gasteiger partial charge < -0.3 is 9.84 Å². The summed E-state index contributed by atoms with van der Waals surface area (Å²) in [6.45, 7) is 0. The third-order valence-electron chi connectivity index (χ3n) is 1.91. The number of carbonyl (C=O) groups is 2. The smallest absolute Gasteiger partial charge is 0.336 e. The predicted molar refractivity (Wildman–Crippen MR) is 52.0 cm³/mol. The van der Waals surface area contributed by atoms with Gasteiger partial charge in [0.15, 0.2) is 6.29 Å². The van der Waals surface area contributed by atoms with Crippen molar-refractivity contribution in [1.29, 1.82) is 0 Å². The molecule has 0 unspecified atom stereocenters. The Hall–Kier alpha value is -2.44. The second-order valence-electron chi connectivity index (χ2n) is 2.79. The van der Waals surface area contributed by atoms with Crippen molar-refractivity contribution < 1.29 is 24.4 Å². The molecule has 0 saturated carbocycles. The summed E-state index contributed by atoms with van der Waals surface area (Å²) in [7, 11) is 1.19. The summed E-state index contributed by atoms with van der Waals surface area (Å²) in [5.41, 5.74) is -1.12. The molecule has 1 N–H and O–H groups in total. The number of nitrogens with zero attached hydrogens (tertiary/aromatic N) is 1. The molecule has 0 bridgehead atoms. The second-order valence-corrected chi connectivity index (χ2v) is 2.79. The molecule has 1 aromatic rings. The lowest BCUT2D eigenvalue weighted by atomic mass is 10.1. The van der Waals surface area contributed by atoms with Crippen LogP contribution < -0.4 is 4.74 Å². The zero-order valence-electron chi connectivity index (χ0n) is 8.17. The molecule has 1 rings (SSSR count). The number of aldehydes is 1. The van der Waals surface area contributed by atoms with Gasteiger partial charge in [0.05, 0.1) is 29.2 Å². The molecule has 0 spiro atoms. The average Bonchev–Trinajstić information content (AvgIpc) is 2.26. The Bertz CT molecular complexity index is 467. The Morgan fingerprint density at radius 3 is 2.56 bits per heavy atom. The lowest BCUT2D eigenvalue weighted by Crippen LogP contribution is -2.05. The lowest BCUT2D eigenvalue weighted by molar-refractivity contribution is -0.385. The molecule has 7 nitrogen and oxygen atoms in total. The maximum Gasteiger partial charge on any atom is 0.336 e. The number of hydrogen-bond acceptors (Lipinski definition) is 5. The molecule has 0 aromatic heterocycles. The Morgan fingerprint density at radius 1 is 1.56 bits per heavy atom. The van der Waals surface area contributed by atoms with Crippen LogP contribution >= 0.6 is 0 Å². The van der Waals surface area contributed by atoms with Gasteiger partial charge in [-0.05, 0) is 0 Å². The van der Waals surface area contributed by atoms with Crippen molar-refractivity contribution in [3.05, 3.63) is 33.4 Å². The van der Waals surface area contributed by atoms with Crippen LogP contribution in [0.2, 0.25) is 0 Å². The Kier molecular flexibility index (Phi) is 3.19. The van der Waals surface area contributed by atoms with E-state index in [1.807, 2.05) is 0 Å². The highest BCUT2D eigenvalue weighted by Gasteiger charge is 2.20. The number of non-ortho nitro benzene ring substituents is 1. The molecule has 0 amide bonds.